The van der Waals surface area contributed by atoms with Crippen molar-refractivity contribution in [3.63, 3.8) is 0 Å². The lowest BCUT2D eigenvalue weighted by molar-refractivity contribution is -0.123. The summed E-state index contributed by atoms with van der Waals surface area (Å²) in [6, 6.07) is 2.88. The van der Waals surface area contributed by atoms with Crippen LogP contribution in [0.5, 0.6) is 0 Å². The molecule has 2 aliphatic rings. The molecule has 0 saturated carbocycles. The quantitative estimate of drug-likeness (QED) is 0.800. The van der Waals surface area contributed by atoms with Crippen LogP contribution in [0, 0.1) is 5.92 Å². The largest absolute Gasteiger partial charge is 0.478 e. The molecule has 0 bridgehead atoms. The van der Waals surface area contributed by atoms with Crippen molar-refractivity contribution >= 4 is 29.3 Å². The fraction of sp³-hybridized carbons (Fsp3) is 0.462. The molecule has 106 valence electrons. The first-order chi connectivity index (χ1) is 9.58. The molecular weight excluding hydrogens is 282 g/mol. The summed E-state index contributed by atoms with van der Waals surface area (Å²) in [5, 5.41) is 12.4. The number of aromatic carboxylic acids is 1. The number of carbonyl (C=O) groups excluding carboxylic acids is 1. The molecule has 7 heteroatoms. The summed E-state index contributed by atoms with van der Waals surface area (Å²) in [6.45, 7) is 1.21. The summed E-state index contributed by atoms with van der Waals surface area (Å²) in [4.78, 5) is 29.2. The first kappa shape index (κ1) is 13.2. The van der Waals surface area contributed by atoms with Crippen molar-refractivity contribution < 1.29 is 14.7 Å². The fourth-order valence-electron chi connectivity index (χ4n) is 3.03. The predicted octanol–water partition coefficient (Wildman–Crippen LogP) is 1.15. The number of nitrogens with one attached hydrogen (secondary N) is 1. The van der Waals surface area contributed by atoms with E-state index in [0.717, 1.165) is 12.8 Å². The van der Waals surface area contributed by atoms with Crippen LogP contribution in [-0.2, 0) is 4.79 Å². The van der Waals surface area contributed by atoms with Gasteiger partial charge in [-0.25, -0.2) is 9.78 Å². The number of carbonyl (C=O) groups is 2. The normalized spacial score (nSPS) is 25.2. The lowest BCUT2D eigenvalue weighted by Crippen LogP contribution is -2.46. The van der Waals surface area contributed by atoms with Gasteiger partial charge in [-0.05, 0) is 25.0 Å². The summed E-state index contributed by atoms with van der Waals surface area (Å²) in [5.74, 6) is -0.732. The van der Waals surface area contributed by atoms with Crippen LogP contribution in [0.1, 0.15) is 23.2 Å². The lowest BCUT2D eigenvalue weighted by atomic mass is 9.91. The zero-order chi connectivity index (χ0) is 14.3. The number of hydrogen-bond donors (Lipinski definition) is 2. The number of aromatic nitrogens is 1. The first-order valence-corrected chi connectivity index (χ1v) is 6.90. The van der Waals surface area contributed by atoms with Gasteiger partial charge in [0.2, 0.25) is 5.91 Å². The average Bonchev–Trinajstić information content (AvgIpc) is 2.80. The molecule has 0 radical (unpaired) electrons. The number of anilines is 1. The highest BCUT2D eigenvalue weighted by Gasteiger charge is 2.42. The number of amides is 1. The Hall–Kier alpha value is -1.82. The van der Waals surface area contributed by atoms with Crippen molar-refractivity contribution in [3.05, 3.63) is 22.8 Å². The highest BCUT2D eigenvalue weighted by atomic mass is 35.5. The van der Waals surface area contributed by atoms with E-state index < -0.39 is 5.97 Å². The van der Waals surface area contributed by atoms with Gasteiger partial charge < -0.3 is 15.3 Å². The zero-order valence-corrected chi connectivity index (χ0v) is 11.4. The second kappa shape index (κ2) is 4.94. The van der Waals surface area contributed by atoms with Gasteiger partial charge in [-0.1, -0.05) is 11.6 Å². The van der Waals surface area contributed by atoms with Crippen LogP contribution in [0.2, 0.25) is 5.15 Å². The van der Waals surface area contributed by atoms with Crippen molar-refractivity contribution in [2.75, 3.05) is 18.0 Å². The molecule has 2 N–H and O–H groups in total. The molecule has 1 amide bonds. The van der Waals surface area contributed by atoms with Crippen molar-refractivity contribution in [1.82, 2.24) is 10.3 Å². The molecule has 2 atom stereocenters. The monoisotopic (exact) mass is 295 g/mol. The Labute approximate surface area is 120 Å². The maximum absolute atomic E-state index is 11.8. The van der Waals surface area contributed by atoms with Crippen molar-refractivity contribution in [3.8, 4) is 0 Å². The number of pyridine rings is 1. The van der Waals surface area contributed by atoms with Crippen LogP contribution in [0.15, 0.2) is 12.1 Å². The van der Waals surface area contributed by atoms with E-state index in [9.17, 15) is 14.7 Å². The molecule has 2 saturated heterocycles. The number of carboxylic acids is 1. The van der Waals surface area contributed by atoms with Crippen LogP contribution in [0.3, 0.4) is 0 Å². The standard InChI is InChI=1S/C13H14ClN3O3/c14-10-4-3-8(13(19)20)11(16-10)17-5-1-2-7-9(17)6-15-12(7)18/h3-4,7,9H,1-2,5-6H2,(H,15,18)(H,19,20). The molecule has 2 unspecified atom stereocenters. The van der Waals surface area contributed by atoms with Gasteiger partial charge in [0.25, 0.3) is 0 Å². The number of rotatable bonds is 2. The minimum atomic E-state index is -1.04. The van der Waals surface area contributed by atoms with Crippen LogP contribution in [-0.4, -0.2) is 41.1 Å². The fourth-order valence-corrected chi connectivity index (χ4v) is 3.17. The van der Waals surface area contributed by atoms with E-state index in [0.29, 0.717) is 18.9 Å². The van der Waals surface area contributed by atoms with E-state index in [1.807, 2.05) is 4.90 Å². The molecule has 2 aliphatic heterocycles. The van der Waals surface area contributed by atoms with Crippen LogP contribution in [0.25, 0.3) is 0 Å². The predicted molar refractivity (Wildman–Crippen MR) is 73.1 cm³/mol. The Morgan fingerprint density at radius 2 is 2.30 bits per heavy atom. The Balaban J connectivity index is 2.01. The van der Waals surface area contributed by atoms with Gasteiger partial charge in [-0.2, -0.15) is 0 Å². The molecule has 0 aromatic carbocycles. The molecule has 6 nitrogen and oxygen atoms in total. The van der Waals surface area contributed by atoms with Gasteiger partial charge >= 0.3 is 5.97 Å². The van der Waals surface area contributed by atoms with Crippen molar-refractivity contribution in [1.29, 1.82) is 0 Å². The topological polar surface area (TPSA) is 82.5 Å². The van der Waals surface area contributed by atoms with Gasteiger partial charge in [0.15, 0.2) is 0 Å². The number of fused-ring (bicyclic) bond motifs is 1. The summed E-state index contributed by atoms with van der Waals surface area (Å²) in [6.07, 6.45) is 1.66. The third kappa shape index (κ3) is 2.10. The van der Waals surface area contributed by atoms with Gasteiger partial charge in [-0.3, -0.25) is 4.79 Å². The zero-order valence-electron chi connectivity index (χ0n) is 10.7. The number of halogens is 1. The van der Waals surface area contributed by atoms with E-state index in [4.69, 9.17) is 11.6 Å². The third-order valence-corrected chi connectivity index (χ3v) is 4.16. The molecule has 3 rings (SSSR count). The summed E-state index contributed by atoms with van der Waals surface area (Å²) < 4.78 is 0. The SMILES string of the molecule is O=C(O)c1ccc(Cl)nc1N1CCCC2C(=O)NCC21. The molecule has 2 fully saturated rings. The van der Waals surface area contributed by atoms with E-state index in [1.54, 1.807) is 0 Å². The third-order valence-electron chi connectivity index (χ3n) is 3.94. The molecule has 0 spiro atoms. The second-order valence-electron chi connectivity index (χ2n) is 5.06. The van der Waals surface area contributed by atoms with Gasteiger partial charge in [-0.15, -0.1) is 0 Å². The Kier molecular flexibility index (Phi) is 3.25. The number of nitrogens with zero attached hydrogens (tertiary/aromatic N) is 2. The highest BCUT2D eigenvalue weighted by Crippen LogP contribution is 2.33. The first-order valence-electron chi connectivity index (χ1n) is 6.52. The van der Waals surface area contributed by atoms with E-state index in [2.05, 4.69) is 10.3 Å². The van der Waals surface area contributed by atoms with Crippen LogP contribution in [0.4, 0.5) is 5.82 Å². The molecule has 1 aromatic heterocycles. The summed E-state index contributed by atoms with van der Waals surface area (Å²) >= 11 is 5.90. The number of hydrogen-bond acceptors (Lipinski definition) is 4. The lowest BCUT2D eigenvalue weighted by Gasteiger charge is -2.37. The maximum Gasteiger partial charge on any atom is 0.339 e. The maximum atomic E-state index is 11.8. The molecule has 0 aliphatic carbocycles. The Morgan fingerprint density at radius 1 is 1.50 bits per heavy atom. The van der Waals surface area contributed by atoms with Gasteiger partial charge in [0.05, 0.1) is 12.0 Å². The smallest absolute Gasteiger partial charge is 0.339 e. The molecular formula is C13H14ClN3O3. The minimum Gasteiger partial charge on any atom is -0.478 e. The Bertz CT molecular complexity index is 578. The highest BCUT2D eigenvalue weighted by molar-refractivity contribution is 6.29. The van der Waals surface area contributed by atoms with E-state index >= 15 is 0 Å². The summed E-state index contributed by atoms with van der Waals surface area (Å²) in [7, 11) is 0. The van der Waals surface area contributed by atoms with Crippen molar-refractivity contribution in [2.24, 2.45) is 5.92 Å². The number of piperidine rings is 1. The second-order valence-corrected chi connectivity index (χ2v) is 5.45. The molecule has 1 aromatic rings. The molecule has 20 heavy (non-hydrogen) atoms. The van der Waals surface area contributed by atoms with Crippen molar-refractivity contribution in [2.45, 2.75) is 18.9 Å². The van der Waals surface area contributed by atoms with Crippen LogP contribution >= 0.6 is 11.6 Å². The van der Waals surface area contributed by atoms with Crippen LogP contribution < -0.4 is 10.2 Å². The van der Waals surface area contributed by atoms with Gasteiger partial charge in [0.1, 0.15) is 16.5 Å². The average molecular weight is 296 g/mol. The van der Waals surface area contributed by atoms with E-state index in [-0.39, 0.29) is 28.6 Å². The van der Waals surface area contributed by atoms with Gasteiger partial charge in [0, 0.05) is 13.1 Å². The minimum absolute atomic E-state index is 0.0404. The summed E-state index contributed by atoms with van der Waals surface area (Å²) in [5.41, 5.74) is 0.120. The Morgan fingerprint density at radius 3 is 3.05 bits per heavy atom. The number of carboxylic acid groups (broad SMARTS) is 1. The molecule has 3 heterocycles. The van der Waals surface area contributed by atoms with E-state index in [1.165, 1.54) is 12.1 Å².